The molecule has 2 heteroatoms. The van der Waals surface area contributed by atoms with E-state index in [1.807, 2.05) is 47.6 Å². The predicted molar refractivity (Wildman–Crippen MR) is 78.5 cm³/mol. The molecule has 2 nitrogen and oxygen atoms in total. The van der Waals surface area contributed by atoms with Crippen LogP contribution in [0.4, 0.5) is 0 Å². The van der Waals surface area contributed by atoms with Gasteiger partial charge in [-0.15, -0.1) is 0 Å². The molecule has 0 N–H and O–H groups in total. The minimum absolute atomic E-state index is 0.134. The highest BCUT2D eigenvalue weighted by Crippen LogP contribution is 2.03. The van der Waals surface area contributed by atoms with Crippen LogP contribution in [0.15, 0.2) is 12.2 Å². The van der Waals surface area contributed by atoms with Crippen molar-refractivity contribution in [3.8, 4) is 0 Å². The molecule has 0 fully saturated rings. The SMILES string of the molecule is CC(C)/C=C/C(=O)C(C)C.CC(C)C(=O)C(C)C. The maximum atomic E-state index is 11.0. The van der Waals surface area contributed by atoms with Crippen molar-refractivity contribution in [2.75, 3.05) is 0 Å². The van der Waals surface area contributed by atoms with Gasteiger partial charge in [0.2, 0.25) is 0 Å². The first-order valence-corrected chi connectivity index (χ1v) is 6.85. The number of carbonyl (C=O) groups excluding carboxylic acids is 2. The van der Waals surface area contributed by atoms with Crippen molar-refractivity contribution in [1.29, 1.82) is 0 Å². The molecule has 0 aromatic rings. The predicted octanol–water partition coefficient (Wildman–Crippen LogP) is 4.29. The Bertz CT molecular complexity index is 261. The summed E-state index contributed by atoms with van der Waals surface area (Å²) in [6.07, 6.45) is 3.61. The van der Waals surface area contributed by atoms with Gasteiger partial charge >= 0.3 is 0 Å². The molecule has 0 aromatic heterocycles. The average Bonchev–Trinajstić information content (AvgIpc) is 2.24. The Morgan fingerprint density at radius 3 is 1.28 bits per heavy atom. The smallest absolute Gasteiger partial charge is 0.157 e. The van der Waals surface area contributed by atoms with E-state index in [4.69, 9.17) is 0 Å². The van der Waals surface area contributed by atoms with Crippen LogP contribution in [0.2, 0.25) is 0 Å². The van der Waals surface area contributed by atoms with Crippen LogP contribution in [0.1, 0.15) is 55.4 Å². The fourth-order valence-corrected chi connectivity index (χ4v) is 1.15. The van der Waals surface area contributed by atoms with Crippen molar-refractivity contribution in [2.24, 2.45) is 23.7 Å². The van der Waals surface area contributed by atoms with E-state index >= 15 is 0 Å². The zero-order chi connectivity index (χ0) is 14.9. The lowest BCUT2D eigenvalue weighted by atomic mass is 9.99. The van der Waals surface area contributed by atoms with Crippen molar-refractivity contribution in [2.45, 2.75) is 55.4 Å². The molecule has 0 radical (unpaired) electrons. The van der Waals surface area contributed by atoms with Gasteiger partial charge in [0.05, 0.1) is 0 Å². The minimum Gasteiger partial charge on any atom is -0.299 e. The molecule has 106 valence electrons. The molecular weight excluding hydrogens is 224 g/mol. The summed E-state index contributed by atoms with van der Waals surface area (Å²) in [5.74, 6) is 1.58. The molecule has 0 aliphatic heterocycles. The second-order valence-electron chi connectivity index (χ2n) is 5.87. The molecule has 0 saturated carbocycles. The second kappa shape index (κ2) is 10.0. The largest absolute Gasteiger partial charge is 0.299 e. The number of hydrogen-bond donors (Lipinski definition) is 0. The number of carbonyl (C=O) groups is 2. The van der Waals surface area contributed by atoms with Gasteiger partial charge in [-0.25, -0.2) is 0 Å². The molecule has 0 aromatic carbocycles. The summed E-state index contributed by atoms with van der Waals surface area (Å²) in [6, 6.07) is 0. The van der Waals surface area contributed by atoms with Crippen molar-refractivity contribution < 1.29 is 9.59 Å². The third-order valence-electron chi connectivity index (χ3n) is 2.35. The van der Waals surface area contributed by atoms with Gasteiger partial charge in [0.25, 0.3) is 0 Å². The van der Waals surface area contributed by atoms with Crippen LogP contribution < -0.4 is 0 Å². The summed E-state index contributed by atoms with van der Waals surface area (Å²) in [5, 5.41) is 0. The van der Waals surface area contributed by atoms with E-state index in [9.17, 15) is 9.59 Å². The lowest BCUT2D eigenvalue weighted by molar-refractivity contribution is -0.124. The molecule has 0 aliphatic rings. The number of rotatable bonds is 5. The number of Topliss-reactive ketones (excluding diaryl/α,β-unsaturated/α-hetero) is 1. The van der Waals surface area contributed by atoms with Crippen molar-refractivity contribution >= 4 is 11.6 Å². The summed E-state index contributed by atoms with van der Waals surface area (Å²) < 4.78 is 0. The highest BCUT2D eigenvalue weighted by Gasteiger charge is 2.09. The van der Waals surface area contributed by atoms with E-state index in [0.717, 1.165) is 0 Å². The van der Waals surface area contributed by atoms with Crippen molar-refractivity contribution in [3.05, 3.63) is 12.2 Å². The van der Waals surface area contributed by atoms with Crippen LogP contribution in [0.25, 0.3) is 0 Å². The number of hydrogen-bond acceptors (Lipinski definition) is 2. The molecular formula is C16H30O2. The van der Waals surface area contributed by atoms with Crippen LogP contribution in [0, 0.1) is 23.7 Å². The van der Waals surface area contributed by atoms with E-state index < -0.39 is 0 Å². The second-order valence-corrected chi connectivity index (χ2v) is 5.87. The summed E-state index contributed by atoms with van der Waals surface area (Å²) in [5.41, 5.74) is 0. The van der Waals surface area contributed by atoms with Gasteiger partial charge in [-0.2, -0.15) is 0 Å². The maximum absolute atomic E-state index is 11.0. The van der Waals surface area contributed by atoms with Gasteiger partial charge in [-0.3, -0.25) is 9.59 Å². The summed E-state index contributed by atoms with van der Waals surface area (Å²) in [4.78, 5) is 21.8. The van der Waals surface area contributed by atoms with E-state index in [1.54, 1.807) is 6.08 Å². The number of allylic oxidation sites excluding steroid dienone is 2. The fourth-order valence-electron chi connectivity index (χ4n) is 1.15. The average molecular weight is 254 g/mol. The minimum atomic E-state index is 0.134. The van der Waals surface area contributed by atoms with Gasteiger partial charge in [-0.1, -0.05) is 61.5 Å². The highest BCUT2D eigenvalue weighted by atomic mass is 16.1. The molecule has 0 rings (SSSR count). The van der Waals surface area contributed by atoms with Gasteiger partial charge in [-0.05, 0) is 12.0 Å². The Hall–Kier alpha value is -0.920. The number of ketones is 2. The third-order valence-corrected chi connectivity index (χ3v) is 2.35. The molecule has 0 saturated heterocycles. The standard InChI is InChI=1S/C9H16O.C7H14O/c1-7(2)5-6-9(10)8(3)4;1-5(2)7(8)6(3)4/h5-8H,1-4H3;5-6H,1-4H3/b6-5+;. The van der Waals surface area contributed by atoms with Crippen molar-refractivity contribution in [3.63, 3.8) is 0 Å². The Kier molecular flexibility index (Phi) is 10.8. The van der Waals surface area contributed by atoms with Crippen LogP contribution in [-0.4, -0.2) is 11.6 Å². The van der Waals surface area contributed by atoms with Crippen molar-refractivity contribution in [1.82, 2.24) is 0 Å². The fraction of sp³-hybridized carbons (Fsp3) is 0.750. The molecule has 0 spiro atoms. The molecule has 0 unspecified atom stereocenters. The van der Waals surface area contributed by atoms with Crippen LogP contribution >= 0.6 is 0 Å². The topological polar surface area (TPSA) is 34.1 Å². The molecule has 18 heavy (non-hydrogen) atoms. The Labute approximate surface area is 113 Å². The first kappa shape index (κ1) is 19.4. The molecule has 0 bridgehead atoms. The molecule has 0 atom stereocenters. The lowest BCUT2D eigenvalue weighted by Crippen LogP contribution is -2.13. The zero-order valence-electron chi connectivity index (χ0n) is 13.3. The summed E-state index contributed by atoms with van der Waals surface area (Å²) in [6.45, 7) is 15.7. The molecule has 0 heterocycles. The Morgan fingerprint density at radius 2 is 1.11 bits per heavy atom. The van der Waals surface area contributed by atoms with E-state index in [1.165, 1.54) is 0 Å². The van der Waals surface area contributed by atoms with Gasteiger partial charge in [0, 0.05) is 17.8 Å². The Morgan fingerprint density at radius 1 is 0.722 bits per heavy atom. The summed E-state index contributed by atoms with van der Waals surface area (Å²) >= 11 is 0. The van der Waals surface area contributed by atoms with Crippen LogP contribution in [-0.2, 0) is 9.59 Å². The van der Waals surface area contributed by atoms with Crippen LogP contribution in [0.3, 0.4) is 0 Å². The Balaban J connectivity index is 0. The van der Waals surface area contributed by atoms with E-state index in [0.29, 0.717) is 11.7 Å². The lowest BCUT2D eigenvalue weighted by Gasteiger charge is -2.05. The first-order chi connectivity index (χ1) is 8.09. The molecule has 0 aliphatic carbocycles. The monoisotopic (exact) mass is 254 g/mol. The third kappa shape index (κ3) is 11.6. The maximum Gasteiger partial charge on any atom is 0.157 e. The van der Waals surface area contributed by atoms with E-state index in [-0.39, 0.29) is 23.5 Å². The normalized spacial score (nSPS) is 11.3. The van der Waals surface area contributed by atoms with Crippen LogP contribution in [0.5, 0.6) is 0 Å². The highest BCUT2D eigenvalue weighted by molar-refractivity contribution is 5.91. The van der Waals surface area contributed by atoms with E-state index in [2.05, 4.69) is 13.8 Å². The van der Waals surface area contributed by atoms with Gasteiger partial charge < -0.3 is 0 Å². The molecule has 0 amide bonds. The zero-order valence-corrected chi connectivity index (χ0v) is 13.3. The quantitative estimate of drug-likeness (QED) is 0.686. The first-order valence-electron chi connectivity index (χ1n) is 6.85. The van der Waals surface area contributed by atoms with Gasteiger partial charge in [0.15, 0.2) is 5.78 Å². The summed E-state index contributed by atoms with van der Waals surface area (Å²) in [7, 11) is 0. The van der Waals surface area contributed by atoms with Gasteiger partial charge in [0.1, 0.15) is 5.78 Å².